The van der Waals surface area contributed by atoms with Crippen molar-refractivity contribution >= 4 is 29.9 Å². The summed E-state index contributed by atoms with van der Waals surface area (Å²) in [6.45, 7) is 6.93. The van der Waals surface area contributed by atoms with Crippen LogP contribution < -0.4 is 10.5 Å². The Balaban J connectivity index is 0.00000288. The standard InChI is InChI=1S/C19H25N3O.HI/c1-3-22(4-2)19(20)21-14-17-12-8-9-13-18(17)23-15-16-10-6-5-7-11-16;/h5-13H,3-4,14-15H2,1-2H3,(H2,20,21);1H. The molecular formula is C19H26IN3O. The molecule has 0 radical (unpaired) electrons. The van der Waals surface area contributed by atoms with Gasteiger partial charge in [0.2, 0.25) is 0 Å². The minimum absolute atomic E-state index is 0. The second-order valence-corrected chi connectivity index (χ2v) is 5.23. The van der Waals surface area contributed by atoms with E-state index < -0.39 is 0 Å². The van der Waals surface area contributed by atoms with Gasteiger partial charge in [-0.05, 0) is 25.5 Å². The highest BCUT2D eigenvalue weighted by Crippen LogP contribution is 2.20. The van der Waals surface area contributed by atoms with Crippen molar-refractivity contribution < 1.29 is 4.74 Å². The first-order valence-electron chi connectivity index (χ1n) is 8.04. The fraction of sp³-hybridized carbons (Fsp3) is 0.316. The van der Waals surface area contributed by atoms with E-state index in [2.05, 4.69) is 31.0 Å². The molecule has 0 saturated carbocycles. The van der Waals surface area contributed by atoms with E-state index in [-0.39, 0.29) is 24.0 Å². The Hall–Kier alpha value is -1.76. The number of para-hydroxylation sites is 1. The van der Waals surface area contributed by atoms with Crippen LogP contribution in [-0.2, 0) is 13.2 Å². The lowest BCUT2D eigenvalue weighted by atomic mass is 10.2. The number of aliphatic imine (C=N–C) groups is 1. The van der Waals surface area contributed by atoms with Crippen molar-refractivity contribution in [2.24, 2.45) is 10.7 Å². The fourth-order valence-electron chi connectivity index (χ4n) is 2.32. The SMILES string of the molecule is CCN(CC)C(N)=NCc1ccccc1OCc1ccccc1.I. The minimum Gasteiger partial charge on any atom is -0.489 e. The Morgan fingerprint density at radius 1 is 1.00 bits per heavy atom. The van der Waals surface area contributed by atoms with Crippen LogP contribution in [0.15, 0.2) is 59.6 Å². The highest BCUT2D eigenvalue weighted by Gasteiger charge is 2.05. The number of halogens is 1. The van der Waals surface area contributed by atoms with Gasteiger partial charge >= 0.3 is 0 Å². The van der Waals surface area contributed by atoms with Crippen molar-refractivity contribution in [2.45, 2.75) is 27.0 Å². The van der Waals surface area contributed by atoms with Gasteiger partial charge < -0.3 is 15.4 Å². The maximum absolute atomic E-state index is 6.04. The zero-order chi connectivity index (χ0) is 16.5. The number of benzene rings is 2. The van der Waals surface area contributed by atoms with Gasteiger partial charge in [0.25, 0.3) is 0 Å². The van der Waals surface area contributed by atoms with Gasteiger partial charge in [-0.2, -0.15) is 0 Å². The molecule has 0 saturated heterocycles. The maximum Gasteiger partial charge on any atom is 0.191 e. The molecule has 130 valence electrons. The van der Waals surface area contributed by atoms with E-state index in [1.54, 1.807) is 0 Å². The maximum atomic E-state index is 6.04. The van der Waals surface area contributed by atoms with Gasteiger partial charge in [-0.3, -0.25) is 0 Å². The van der Waals surface area contributed by atoms with Crippen molar-refractivity contribution in [3.8, 4) is 5.75 Å². The molecule has 2 aromatic rings. The van der Waals surface area contributed by atoms with Crippen LogP contribution in [-0.4, -0.2) is 23.9 Å². The lowest BCUT2D eigenvalue weighted by Gasteiger charge is -2.19. The summed E-state index contributed by atoms with van der Waals surface area (Å²) in [6, 6.07) is 18.1. The average Bonchev–Trinajstić information content (AvgIpc) is 2.61. The van der Waals surface area contributed by atoms with E-state index in [4.69, 9.17) is 10.5 Å². The van der Waals surface area contributed by atoms with Crippen LogP contribution in [0.1, 0.15) is 25.0 Å². The molecule has 0 bridgehead atoms. The number of guanidine groups is 1. The van der Waals surface area contributed by atoms with E-state index in [1.807, 2.05) is 47.4 Å². The van der Waals surface area contributed by atoms with Gasteiger partial charge in [0, 0.05) is 18.7 Å². The van der Waals surface area contributed by atoms with Crippen molar-refractivity contribution in [1.82, 2.24) is 4.90 Å². The molecule has 0 amide bonds. The summed E-state index contributed by atoms with van der Waals surface area (Å²) in [6.07, 6.45) is 0. The van der Waals surface area contributed by atoms with Crippen molar-refractivity contribution in [3.05, 3.63) is 65.7 Å². The van der Waals surface area contributed by atoms with Crippen molar-refractivity contribution in [1.29, 1.82) is 0 Å². The van der Waals surface area contributed by atoms with Gasteiger partial charge in [0.05, 0.1) is 6.54 Å². The van der Waals surface area contributed by atoms with Gasteiger partial charge in [-0.15, -0.1) is 24.0 Å². The molecule has 0 aliphatic heterocycles. The van der Waals surface area contributed by atoms with Crippen LogP contribution in [0.2, 0.25) is 0 Å². The van der Waals surface area contributed by atoms with E-state index in [0.29, 0.717) is 19.1 Å². The van der Waals surface area contributed by atoms with Crippen LogP contribution in [0.3, 0.4) is 0 Å². The zero-order valence-electron chi connectivity index (χ0n) is 14.3. The molecule has 5 heteroatoms. The molecule has 0 heterocycles. The van der Waals surface area contributed by atoms with E-state index >= 15 is 0 Å². The van der Waals surface area contributed by atoms with E-state index in [9.17, 15) is 0 Å². The first-order chi connectivity index (χ1) is 11.2. The number of hydrogen-bond acceptors (Lipinski definition) is 2. The van der Waals surface area contributed by atoms with Crippen LogP contribution in [0.5, 0.6) is 5.75 Å². The van der Waals surface area contributed by atoms with Crippen LogP contribution in [0, 0.1) is 0 Å². The smallest absolute Gasteiger partial charge is 0.191 e. The number of rotatable bonds is 7. The second kappa shape index (κ2) is 10.9. The topological polar surface area (TPSA) is 50.8 Å². The molecule has 0 aromatic heterocycles. The Morgan fingerprint density at radius 3 is 2.29 bits per heavy atom. The highest BCUT2D eigenvalue weighted by atomic mass is 127. The summed E-state index contributed by atoms with van der Waals surface area (Å²) in [5.41, 5.74) is 8.22. The van der Waals surface area contributed by atoms with Crippen LogP contribution >= 0.6 is 24.0 Å². The zero-order valence-corrected chi connectivity index (χ0v) is 16.6. The molecule has 0 unspecified atom stereocenters. The van der Waals surface area contributed by atoms with Gasteiger partial charge in [0.15, 0.2) is 5.96 Å². The summed E-state index contributed by atoms with van der Waals surface area (Å²) >= 11 is 0. The number of nitrogens with two attached hydrogens (primary N) is 1. The summed E-state index contributed by atoms with van der Waals surface area (Å²) < 4.78 is 5.94. The largest absolute Gasteiger partial charge is 0.489 e. The summed E-state index contributed by atoms with van der Waals surface area (Å²) in [7, 11) is 0. The number of hydrogen-bond donors (Lipinski definition) is 1. The fourth-order valence-corrected chi connectivity index (χ4v) is 2.32. The highest BCUT2D eigenvalue weighted by molar-refractivity contribution is 14.0. The molecule has 0 fully saturated rings. The normalized spacial score (nSPS) is 10.8. The molecule has 0 aliphatic rings. The number of ether oxygens (including phenoxy) is 1. The Kier molecular flexibility index (Phi) is 9.22. The van der Waals surface area contributed by atoms with Gasteiger partial charge in [-0.1, -0.05) is 48.5 Å². The van der Waals surface area contributed by atoms with E-state index in [0.717, 1.165) is 30.0 Å². The minimum atomic E-state index is 0. The molecule has 4 nitrogen and oxygen atoms in total. The van der Waals surface area contributed by atoms with Gasteiger partial charge in [0.1, 0.15) is 12.4 Å². The van der Waals surface area contributed by atoms with E-state index in [1.165, 1.54) is 0 Å². The van der Waals surface area contributed by atoms with Crippen LogP contribution in [0.4, 0.5) is 0 Å². The molecule has 2 aromatic carbocycles. The van der Waals surface area contributed by atoms with Crippen LogP contribution in [0.25, 0.3) is 0 Å². The third-order valence-electron chi connectivity index (χ3n) is 3.71. The molecule has 2 rings (SSSR count). The average molecular weight is 439 g/mol. The predicted octanol–water partition coefficient (Wildman–Crippen LogP) is 4.04. The molecule has 2 N–H and O–H groups in total. The van der Waals surface area contributed by atoms with Crippen molar-refractivity contribution in [2.75, 3.05) is 13.1 Å². The summed E-state index contributed by atoms with van der Waals surface area (Å²) in [4.78, 5) is 6.53. The molecular weight excluding hydrogens is 413 g/mol. The molecule has 24 heavy (non-hydrogen) atoms. The monoisotopic (exact) mass is 439 g/mol. The Bertz CT molecular complexity index is 628. The number of nitrogens with zero attached hydrogens (tertiary/aromatic N) is 2. The molecule has 0 aliphatic carbocycles. The third kappa shape index (κ3) is 6.03. The molecule has 0 spiro atoms. The molecule has 0 atom stereocenters. The predicted molar refractivity (Wildman–Crippen MR) is 111 cm³/mol. The Morgan fingerprint density at radius 2 is 1.62 bits per heavy atom. The second-order valence-electron chi connectivity index (χ2n) is 5.23. The first-order valence-corrected chi connectivity index (χ1v) is 8.04. The van der Waals surface area contributed by atoms with Crippen molar-refractivity contribution in [3.63, 3.8) is 0 Å². The lowest BCUT2D eigenvalue weighted by molar-refractivity contribution is 0.303. The Labute approximate surface area is 161 Å². The summed E-state index contributed by atoms with van der Waals surface area (Å²) in [5, 5.41) is 0. The summed E-state index contributed by atoms with van der Waals surface area (Å²) in [5.74, 6) is 1.43. The first kappa shape index (κ1) is 20.3. The lowest BCUT2D eigenvalue weighted by Crippen LogP contribution is -2.37. The third-order valence-corrected chi connectivity index (χ3v) is 3.71. The van der Waals surface area contributed by atoms with Gasteiger partial charge in [-0.25, -0.2) is 4.99 Å². The quantitative estimate of drug-likeness (QED) is 0.403.